The Labute approximate surface area is 113 Å². The fourth-order valence-electron chi connectivity index (χ4n) is 2.65. The minimum Gasteiger partial charge on any atom is -0.481 e. The first-order chi connectivity index (χ1) is 8.93. The molecule has 2 atom stereocenters. The summed E-state index contributed by atoms with van der Waals surface area (Å²) >= 11 is 0. The van der Waals surface area contributed by atoms with E-state index in [1.165, 1.54) is 0 Å². The Hall–Kier alpha value is -1.36. The second-order valence-corrected chi connectivity index (χ2v) is 7.29. The van der Waals surface area contributed by atoms with Crippen molar-refractivity contribution in [3.8, 4) is 0 Å². The summed E-state index contributed by atoms with van der Waals surface area (Å²) in [6.45, 7) is 1.89. The minimum absolute atomic E-state index is 0.233. The van der Waals surface area contributed by atoms with Crippen LogP contribution in [0.15, 0.2) is 29.2 Å². The summed E-state index contributed by atoms with van der Waals surface area (Å²) in [6, 6.07) is 6.62. The highest BCUT2D eigenvalue weighted by molar-refractivity contribution is 7.92. The molecule has 0 aromatic heterocycles. The van der Waals surface area contributed by atoms with Crippen molar-refractivity contribution in [2.24, 2.45) is 5.92 Å². The van der Waals surface area contributed by atoms with Crippen LogP contribution in [0.4, 0.5) is 0 Å². The SMILES string of the molecule is Cc1ccc(S(=O)(=O)[C@H]2CCCC[C@@H]2C(=O)O)cc1. The van der Waals surface area contributed by atoms with E-state index in [2.05, 4.69) is 0 Å². The molecule has 1 aliphatic carbocycles. The number of rotatable bonds is 3. The van der Waals surface area contributed by atoms with E-state index in [1.807, 2.05) is 6.92 Å². The van der Waals surface area contributed by atoms with Gasteiger partial charge in [0.25, 0.3) is 0 Å². The average Bonchev–Trinajstić information content (AvgIpc) is 2.39. The van der Waals surface area contributed by atoms with Crippen LogP contribution in [-0.2, 0) is 14.6 Å². The maximum atomic E-state index is 12.6. The topological polar surface area (TPSA) is 71.4 Å². The van der Waals surface area contributed by atoms with Gasteiger partial charge in [0.15, 0.2) is 9.84 Å². The highest BCUT2D eigenvalue weighted by atomic mass is 32.2. The van der Waals surface area contributed by atoms with Crippen LogP contribution < -0.4 is 0 Å². The molecule has 0 bridgehead atoms. The van der Waals surface area contributed by atoms with Gasteiger partial charge in [0.05, 0.1) is 16.1 Å². The summed E-state index contributed by atoms with van der Waals surface area (Å²) in [5.41, 5.74) is 0.984. The molecule has 0 saturated heterocycles. The Morgan fingerprint density at radius 2 is 1.74 bits per heavy atom. The molecule has 1 aromatic carbocycles. The van der Waals surface area contributed by atoms with Gasteiger partial charge in [0, 0.05) is 0 Å². The lowest BCUT2D eigenvalue weighted by Gasteiger charge is -2.28. The Morgan fingerprint density at radius 3 is 2.32 bits per heavy atom. The summed E-state index contributed by atoms with van der Waals surface area (Å²) in [5.74, 6) is -1.78. The second-order valence-electron chi connectivity index (χ2n) is 5.13. The van der Waals surface area contributed by atoms with E-state index in [0.717, 1.165) is 18.4 Å². The molecule has 0 amide bonds. The molecule has 19 heavy (non-hydrogen) atoms. The van der Waals surface area contributed by atoms with E-state index >= 15 is 0 Å². The highest BCUT2D eigenvalue weighted by Gasteiger charge is 2.40. The van der Waals surface area contributed by atoms with Gasteiger partial charge < -0.3 is 5.11 Å². The fourth-order valence-corrected chi connectivity index (χ4v) is 4.68. The summed E-state index contributed by atoms with van der Waals surface area (Å²) in [4.78, 5) is 11.5. The van der Waals surface area contributed by atoms with Gasteiger partial charge in [-0.25, -0.2) is 8.42 Å². The van der Waals surface area contributed by atoms with Gasteiger partial charge in [-0.2, -0.15) is 0 Å². The number of carbonyl (C=O) groups is 1. The first-order valence-corrected chi connectivity index (χ1v) is 8.01. The number of hydrogen-bond donors (Lipinski definition) is 1. The molecule has 4 nitrogen and oxygen atoms in total. The van der Waals surface area contributed by atoms with E-state index in [4.69, 9.17) is 0 Å². The van der Waals surface area contributed by atoms with Crippen LogP contribution in [0, 0.1) is 12.8 Å². The molecule has 0 heterocycles. The Bertz CT molecular complexity index is 560. The third kappa shape index (κ3) is 2.81. The number of aryl methyl sites for hydroxylation is 1. The number of carboxylic acids is 1. The lowest BCUT2D eigenvalue weighted by molar-refractivity contribution is -0.142. The summed E-state index contributed by atoms with van der Waals surface area (Å²) in [5, 5.41) is 8.41. The van der Waals surface area contributed by atoms with Gasteiger partial charge >= 0.3 is 5.97 Å². The van der Waals surface area contributed by atoms with Crippen molar-refractivity contribution in [2.45, 2.75) is 42.8 Å². The van der Waals surface area contributed by atoms with E-state index < -0.39 is 27.0 Å². The normalized spacial score (nSPS) is 24.1. The molecule has 0 spiro atoms. The minimum atomic E-state index is -3.55. The van der Waals surface area contributed by atoms with Crippen molar-refractivity contribution in [2.75, 3.05) is 0 Å². The molecule has 0 aliphatic heterocycles. The van der Waals surface area contributed by atoms with Crippen molar-refractivity contribution in [1.29, 1.82) is 0 Å². The van der Waals surface area contributed by atoms with Gasteiger partial charge in [-0.15, -0.1) is 0 Å². The van der Waals surface area contributed by atoms with E-state index in [-0.39, 0.29) is 4.90 Å². The molecule has 2 rings (SSSR count). The lowest BCUT2D eigenvalue weighted by Crippen LogP contribution is -2.37. The van der Waals surface area contributed by atoms with E-state index in [1.54, 1.807) is 24.3 Å². The molecule has 0 unspecified atom stereocenters. The summed E-state index contributed by atoms with van der Waals surface area (Å²) in [7, 11) is -3.55. The molecule has 1 aliphatic rings. The van der Waals surface area contributed by atoms with Gasteiger partial charge in [-0.3, -0.25) is 4.79 Å². The maximum absolute atomic E-state index is 12.6. The van der Waals surface area contributed by atoms with Crippen molar-refractivity contribution in [3.05, 3.63) is 29.8 Å². The number of aliphatic carboxylic acids is 1. The fraction of sp³-hybridized carbons (Fsp3) is 0.500. The van der Waals surface area contributed by atoms with Crippen molar-refractivity contribution < 1.29 is 18.3 Å². The molecule has 104 valence electrons. The Morgan fingerprint density at radius 1 is 1.16 bits per heavy atom. The quantitative estimate of drug-likeness (QED) is 0.924. The van der Waals surface area contributed by atoms with E-state index in [0.29, 0.717) is 12.8 Å². The zero-order chi connectivity index (χ0) is 14.0. The number of benzene rings is 1. The average molecular weight is 282 g/mol. The van der Waals surface area contributed by atoms with Crippen LogP contribution in [0.3, 0.4) is 0 Å². The predicted octanol–water partition coefficient (Wildman–Crippen LogP) is 2.41. The largest absolute Gasteiger partial charge is 0.481 e. The molecular formula is C14H18O4S. The van der Waals surface area contributed by atoms with Gasteiger partial charge in [0.1, 0.15) is 0 Å². The van der Waals surface area contributed by atoms with Crippen molar-refractivity contribution >= 4 is 15.8 Å². The molecule has 1 aromatic rings. The maximum Gasteiger partial charge on any atom is 0.307 e. The predicted molar refractivity (Wildman–Crippen MR) is 71.7 cm³/mol. The molecule has 1 saturated carbocycles. The van der Waals surface area contributed by atoms with Crippen LogP contribution in [0.25, 0.3) is 0 Å². The van der Waals surface area contributed by atoms with Crippen LogP contribution in [-0.4, -0.2) is 24.7 Å². The van der Waals surface area contributed by atoms with Gasteiger partial charge in [0.2, 0.25) is 0 Å². The van der Waals surface area contributed by atoms with Gasteiger partial charge in [-0.1, -0.05) is 30.5 Å². The zero-order valence-electron chi connectivity index (χ0n) is 10.9. The Kier molecular flexibility index (Phi) is 3.94. The van der Waals surface area contributed by atoms with Crippen LogP contribution in [0.5, 0.6) is 0 Å². The number of carboxylic acid groups (broad SMARTS) is 1. The molecule has 1 N–H and O–H groups in total. The molecule has 0 radical (unpaired) electrons. The van der Waals surface area contributed by atoms with Crippen LogP contribution in [0.1, 0.15) is 31.2 Å². The monoisotopic (exact) mass is 282 g/mol. The smallest absolute Gasteiger partial charge is 0.307 e. The third-order valence-electron chi connectivity index (χ3n) is 3.77. The highest BCUT2D eigenvalue weighted by Crippen LogP contribution is 2.33. The summed E-state index contributed by atoms with van der Waals surface area (Å²) < 4.78 is 25.1. The van der Waals surface area contributed by atoms with Gasteiger partial charge in [-0.05, 0) is 31.9 Å². The number of hydrogen-bond acceptors (Lipinski definition) is 3. The zero-order valence-corrected chi connectivity index (χ0v) is 11.7. The summed E-state index contributed by atoms with van der Waals surface area (Å²) in [6.07, 6.45) is 2.45. The first-order valence-electron chi connectivity index (χ1n) is 6.46. The first kappa shape index (κ1) is 14.1. The second kappa shape index (κ2) is 5.33. The lowest BCUT2D eigenvalue weighted by atomic mass is 9.89. The molecular weight excluding hydrogens is 264 g/mol. The Balaban J connectivity index is 2.37. The van der Waals surface area contributed by atoms with E-state index in [9.17, 15) is 18.3 Å². The molecule has 5 heteroatoms. The van der Waals surface area contributed by atoms with Crippen molar-refractivity contribution in [1.82, 2.24) is 0 Å². The third-order valence-corrected chi connectivity index (χ3v) is 6.06. The standard InChI is InChI=1S/C14H18O4S/c1-10-6-8-11(9-7-10)19(17,18)13-5-3-2-4-12(13)14(15)16/h6-9,12-13H,2-5H2,1H3,(H,15,16)/t12-,13-/m0/s1. The van der Waals surface area contributed by atoms with Crippen LogP contribution in [0.2, 0.25) is 0 Å². The van der Waals surface area contributed by atoms with Crippen LogP contribution >= 0.6 is 0 Å². The number of sulfone groups is 1. The molecule has 1 fully saturated rings. The van der Waals surface area contributed by atoms with Crippen molar-refractivity contribution in [3.63, 3.8) is 0 Å².